The fourth-order valence-electron chi connectivity index (χ4n) is 7.97. The van der Waals surface area contributed by atoms with Crippen molar-refractivity contribution in [2.45, 2.75) is 101 Å². The van der Waals surface area contributed by atoms with Gasteiger partial charge in [-0.25, -0.2) is 4.79 Å². The number of urea groups is 1. The predicted octanol–water partition coefficient (Wildman–Crippen LogP) is 2.52. The summed E-state index contributed by atoms with van der Waals surface area (Å²) >= 11 is 0. The molecule has 2 aliphatic rings. The van der Waals surface area contributed by atoms with Crippen molar-refractivity contribution >= 4 is 41.2 Å². The third kappa shape index (κ3) is 14.2. The van der Waals surface area contributed by atoms with Crippen molar-refractivity contribution in [3.8, 4) is 22.6 Å². The highest BCUT2D eigenvalue weighted by atomic mass is 16.6. The molecule has 0 aliphatic carbocycles. The lowest BCUT2D eigenvalue weighted by Gasteiger charge is -2.26. The molecule has 6 amide bonds. The molecule has 18 nitrogen and oxygen atoms in total. The molecule has 4 aromatic rings. The Morgan fingerprint density at radius 1 is 0.535 bits per heavy atom. The molecule has 0 bridgehead atoms. The van der Waals surface area contributed by atoms with Gasteiger partial charge in [0.1, 0.15) is 40.8 Å². The van der Waals surface area contributed by atoms with E-state index in [0.29, 0.717) is 39.3 Å². The first-order valence-corrected chi connectivity index (χ1v) is 23.6. The first kappa shape index (κ1) is 53.2. The molecule has 4 aromatic carbocycles. The van der Waals surface area contributed by atoms with Crippen molar-refractivity contribution < 1.29 is 52.5 Å². The van der Waals surface area contributed by atoms with Crippen LogP contribution < -0.4 is 46.7 Å². The number of ketones is 2. The molecule has 2 aliphatic heterocycles. The quantitative estimate of drug-likeness (QED) is 0.0474. The number of Topliss-reactive ketones (excluding diaryl/α,β-unsaturated/α-hetero) is 2. The SMILES string of the molecule is CNC(=O)NC(C)C(=O)NC(Cc1ccc(OC)cc1)C(=O)NC(Cc1cccc(-c2cc(CC(NC(=O)C(C)NC)C(=O)NC(Cc3ccccc3)C(=O)C3(C)CO3)ccc2OC)c1)C(=O)C1(C)CO1. The summed E-state index contributed by atoms with van der Waals surface area (Å²) in [5.74, 6) is -1.73. The Labute approximate surface area is 414 Å². The lowest BCUT2D eigenvalue weighted by molar-refractivity contribution is -0.133. The van der Waals surface area contributed by atoms with Gasteiger partial charge in [0.05, 0.1) is 45.6 Å². The molecule has 0 aromatic heterocycles. The number of likely N-dealkylation sites (N-methyl/N-ethyl adjacent to an activating group) is 1. The van der Waals surface area contributed by atoms with Crippen LogP contribution in [-0.4, -0.2) is 130 Å². The molecule has 2 heterocycles. The maximum atomic E-state index is 14.3. The largest absolute Gasteiger partial charge is 0.497 e. The van der Waals surface area contributed by atoms with Gasteiger partial charge in [0.2, 0.25) is 23.6 Å². The molecule has 71 heavy (non-hydrogen) atoms. The second-order valence-electron chi connectivity index (χ2n) is 18.4. The summed E-state index contributed by atoms with van der Waals surface area (Å²) in [5, 5.41) is 19.3. The van der Waals surface area contributed by atoms with E-state index in [1.54, 1.807) is 64.2 Å². The second kappa shape index (κ2) is 23.6. The molecule has 2 saturated heterocycles. The average molecular weight is 976 g/mol. The zero-order valence-electron chi connectivity index (χ0n) is 41.4. The van der Waals surface area contributed by atoms with Gasteiger partial charge in [-0.15, -0.1) is 0 Å². The second-order valence-corrected chi connectivity index (χ2v) is 18.4. The predicted molar refractivity (Wildman–Crippen MR) is 265 cm³/mol. The minimum Gasteiger partial charge on any atom is -0.497 e. The Balaban J connectivity index is 1.26. The van der Waals surface area contributed by atoms with Crippen LogP contribution in [0.15, 0.2) is 97.1 Å². The highest BCUT2D eigenvalue weighted by molar-refractivity contribution is 5.99. The van der Waals surface area contributed by atoms with Crippen LogP contribution in [0.4, 0.5) is 4.79 Å². The summed E-state index contributed by atoms with van der Waals surface area (Å²) in [6.07, 6.45) is 0.362. The van der Waals surface area contributed by atoms with Crippen molar-refractivity contribution in [1.82, 2.24) is 37.2 Å². The highest BCUT2D eigenvalue weighted by Crippen LogP contribution is 2.34. The number of hydrogen-bond donors (Lipinski definition) is 7. The highest BCUT2D eigenvalue weighted by Gasteiger charge is 2.51. The summed E-state index contributed by atoms with van der Waals surface area (Å²) in [6.45, 7) is 6.92. The summed E-state index contributed by atoms with van der Waals surface area (Å²) < 4.78 is 22.2. The Morgan fingerprint density at radius 3 is 1.52 bits per heavy atom. The van der Waals surface area contributed by atoms with Crippen LogP contribution >= 0.6 is 0 Å². The number of carbonyl (C=O) groups is 7. The number of hydrogen-bond acceptors (Lipinski definition) is 12. The standard InChI is InChI=1S/C53H65N7O11/c1-31(54-5)47(63)59-43(50(66)57-40(45(61)52(3)29-70-52)25-33-13-10-9-11-14-33)28-36-19-22-44(69-8)39(24-36)37-16-12-15-35(23-37)27-41(46(62)53(4)30-71-53)58-49(65)42(26-34-17-20-38(68-7)21-18-34)60-48(64)32(2)56-51(67)55-6/h9-24,31-32,40-43,54H,25-30H2,1-8H3,(H,57,66)(H,58,65)(H,59,63)(H,60,64)(H2,55,56,67). The van der Waals surface area contributed by atoms with Crippen LogP contribution in [0, 0.1) is 0 Å². The lowest BCUT2D eigenvalue weighted by atomic mass is 9.92. The number of benzene rings is 4. The van der Waals surface area contributed by atoms with E-state index in [1.807, 2.05) is 60.7 Å². The zero-order valence-corrected chi connectivity index (χ0v) is 41.4. The molecular weight excluding hydrogens is 911 g/mol. The van der Waals surface area contributed by atoms with Crippen LogP contribution in [0.3, 0.4) is 0 Å². The van der Waals surface area contributed by atoms with Crippen LogP contribution in [-0.2, 0) is 63.9 Å². The monoisotopic (exact) mass is 975 g/mol. The van der Waals surface area contributed by atoms with E-state index in [-0.39, 0.29) is 50.5 Å². The van der Waals surface area contributed by atoms with Crippen molar-refractivity contribution in [3.63, 3.8) is 0 Å². The molecule has 0 spiro atoms. The molecule has 18 heteroatoms. The molecule has 0 saturated carbocycles. The number of methoxy groups -OCH3 is 2. The Bertz CT molecular complexity index is 2570. The van der Waals surface area contributed by atoms with E-state index in [9.17, 15) is 33.6 Å². The smallest absolute Gasteiger partial charge is 0.315 e. The van der Waals surface area contributed by atoms with Crippen LogP contribution in [0.2, 0.25) is 0 Å². The van der Waals surface area contributed by atoms with Crippen molar-refractivity contribution in [2.24, 2.45) is 0 Å². The third-order valence-corrected chi connectivity index (χ3v) is 12.8. The third-order valence-electron chi connectivity index (χ3n) is 12.8. The normalized spacial score (nSPS) is 19.2. The molecule has 8 atom stereocenters. The zero-order chi connectivity index (χ0) is 51.5. The van der Waals surface area contributed by atoms with Gasteiger partial charge in [-0.1, -0.05) is 72.8 Å². The molecule has 8 unspecified atom stereocenters. The van der Waals surface area contributed by atoms with Crippen LogP contribution in [0.25, 0.3) is 11.1 Å². The Hall–Kier alpha value is -7.15. The van der Waals surface area contributed by atoms with Gasteiger partial charge in [0, 0.05) is 25.5 Å². The number of amides is 6. The van der Waals surface area contributed by atoms with Gasteiger partial charge in [-0.2, -0.15) is 0 Å². The number of epoxide rings is 2. The van der Waals surface area contributed by atoms with E-state index in [4.69, 9.17) is 18.9 Å². The maximum absolute atomic E-state index is 14.3. The van der Waals surface area contributed by atoms with Gasteiger partial charge in [-0.05, 0) is 99.7 Å². The van der Waals surface area contributed by atoms with Gasteiger partial charge in [-0.3, -0.25) is 28.8 Å². The van der Waals surface area contributed by atoms with E-state index >= 15 is 0 Å². The summed E-state index contributed by atoms with van der Waals surface area (Å²) in [5.41, 5.74) is 2.06. The van der Waals surface area contributed by atoms with Crippen molar-refractivity contribution in [2.75, 3.05) is 41.5 Å². The number of ether oxygens (including phenoxy) is 4. The fraction of sp³-hybridized carbons (Fsp3) is 0.415. The van der Waals surface area contributed by atoms with Gasteiger partial charge >= 0.3 is 6.03 Å². The fourth-order valence-corrected chi connectivity index (χ4v) is 7.97. The van der Waals surface area contributed by atoms with Gasteiger partial charge < -0.3 is 56.2 Å². The summed E-state index contributed by atoms with van der Waals surface area (Å²) in [6, 6.07) is 22.6. The molecule has 0 radical (unpaired) electrons. The molecule has 6 rings (SSSR count). The average Bonchev–Trinajstić information content (AvgIpc) is 4.32. The number of nitrogens with one attached hydrogen (secondary N) is 7. The summed E-state index contributed by atoms with van der Waals surface area (Å²) in [7, 11) is 6.12. The topological polar surface area (TPSA) is 247 Å². The lowest BCUT2D eigenvalue weighted by Crippen LogP contribution is -2.57. The van der Waals surface area contributed by atoms with Crippen LogP contribution in [0.1, 0.15) is 49.9 Å². The van der Waals surface area contributed by atoms with Gasteiger partial charge in [0.15, 0.2) is 11.6 Å². The Morgan fingerprint density at radius 2 is 1.00 bits per heavy atom. The molecule has 378 valence electrons. The summed E-state index contributed by atoms with van der Waals surface area (Å²) in [4.78, 5) is 95.2. The van der Waals surface area contributed by atoms with E-state index in [0.717, 1.165) is 5.56 Å². The van der Waals surface area contributed by atoms with E-state index in [1.165, 1.54) is 28.2 Å². The molecular formula is C53H65N7O11. The first-order chi connectivity index (χ1) is 33.9. The van der Waals surface area contributed by atoms with Crippen LogP contribution in [0.5, 0.6) is 11.5 Å². The molecule has 7 N–H and O–H groups in total. The van der Waals surface area contributed by atoms with E-state index < -0.39 is 77.1 Å². The van der Waals surface area contributed by atoms with Crippen molar-refractivity contribution in [3.05, 3.63) is 119 Å². The van der Waals surface area contributed by atoms with E-state index in [2.05, 4.69) is 37.2 Å². The van der Waals surface area contributed by atoms with Crippen molar-refractivity contribution in [1.29, 1.82) is 0 Å². The number of carbonyl (C=O) groups excluding carboxylic acids is 7. The van der Waals surface area contributed by atoms with Gasteiger partial charge in [0.25, 0.3) is 0 Å². The molecule has 2 fully saturated rings. The minimum atomic E-state index is -1.16. The first-order valence-electron chi connectivity index (χ1n) is 23.6. The number of rotatable bonds is 25. The Kier molecular flexibility index (Phi) is 17.7. The minimum absolute atomic E-state index is 0.0424. The maximum Gasteiger partial charge on any atom is 0.315 e.